The van der Waals surface area contributed by atoms with Crippen molar-refractivity contribution < 1.29 is 0 Å². The van der Waals surface area contributed by atoms with E-state index in [1.165, 1.54) is 11.1 Å². The van der Waals surface area contributed by atoms with Gasteiger partial charge in [-0.25, -0.2) is 0 Å². The third-order valence-corrected chi connectivity index (χ3v) is 3.70. The molecular formula is C26H32N4. The van der Waals surface area contributed by atoms with Crippen LogP contribution in [0.25, 0.3) is 0 Å². The Morgan fingerprint density at radius 1 is 0.500 bits per heavy atom. The third-order valence-electron chi connectivity index (χ3n) is 3.70. The lowest BCUT2D eigenvalue weighted by atomic mass is 10.3. The first-order valence-electron chi connectivity index (χ1n) is 9.90. The average Bonchev–Trinajstić information content (AvgIpc) is 2.70. The maximum absolute atomic E-state index is 4.17. The number of aryl methyl sites for hydroxylation is 6. The van der Waals surface area contributed by atoms with Gasteiger partial charge in [-0.2, -0.15) is 0 Å². The Morgan fingerprint density at radius 3 is 1.47 bits per heavy atom. The van der Waals surface area contributed by atoms with Crippen LogP contribution in [0, 0.1) is 41.5 Å². The lowest BCUT2D eigenvalue weighted by molar-refractivity contribution is 1.12. The van der Waals surface area contributed by atoms with Gasteiger partial charge in [0.15, 0.2) is 0 Å². The van der Waals surface area contributed by atoms with E-state index in [2.05, 4.69) is 32.9 Å². The Hall–Kier alpha value is -3.40. The molecule has 0 radical (unpaired) electrons. The summed E-state index contributed by atoms with van der Waals surface area (Å²) in [4.78, 5) is 16.1. The van der Waals surface area contributed by atoms with Crippen molar-refractivity contribution in [1.82, 2.24) is 19.9 Å². The second-order valence-electron chi connectivity index (χ2n) is 6.90. The van der Waals surface area contributed by atoms with Crippen molar-refractivity contribution in [2.24, 2.45) is 0 Å². The van der Waals surface area contributed by atoms with Crippen LogP contribution in [0.1, 0.15) is 33.9 Å². The SMILES string of the molecule is Cc1cccc(C)n1.Cc1ccccn1.Cc1cccnc1.Cc1ccnc(C)c1. The maximum atomic E-state index is 4.17. The van der Waals surface area contributed by atoms with E-state index in [1.807, 2.05) is 102 Å². The van der Waals surface area contributed by atoms with Gasteiger partial charge in [0.2, 0.25) is 0 Å². The van der Waals surface area contributed by atoms with Crippen LogP contribution in [-0.4, -0.2) is 19.9 Å². The van der Waals surface area contributed by atoms with Crippen molar-refractivity contribution in [2.45, 2.75) is 41.5 Å². The maximum Gasteiger partial charge on any atom is 0.0375 e. The summed E-state index contributed by atoms with van der Waals surface area (Å²) in [7, 11) is 0. The van der Waals surface area contributed by atoms with Crippen molar-refractivity contribution in [3.05, 3.63) is 119 Å². The standard InChI is InChI=1S/2C7H9N.2C6H7N/c1-6-3-4-8-7(2)5-6;1-6-4-3-5-7(2)8-6;1-6-3-2-4-7-5-6;1-6-4-2-3-5-7-6/h2*3-5H,1-2H3;2*2-5H,1H3. The molecular weight excluding hydrogens is 368 g/mol. The predicted octanol–water partition coefficient (Wildman–Crippen LogP) is 6.18. The van der Waals surface area contributed by atoms with Gasteiger partial charge in [0, 0.05) is 47.6 Å². The van der Waals surface area contributed by atoms with Gasteiger partial charge >= 0.3 is 0 Å². The quantitative estimate of drug-likeness (QED) is 0.354. The molecule has 0 aliphatic carbocycles. The van der Waals surface area contributed by atoms with Crippen molar-refractivity contribution in [2.75, 3.05) is 0 Å². The molecule has 0 aliphatic heterocycles. The molecule has 0 fully saturated rings. The van der Waals surface area contributed by atoms with E-state index in [0.717, 1.165) is 22.8 Å². The Bertz CT molecular complexity index is 839. The van der Waals surface area contributed by atoms with Crippen LogP contribution in [0.3, 0.4) is 0 Å². The fraction of sp³-hybridized carbons (Fsp3) is 0.231. The molecule has 0 saturated heterocycles. The minimum Gasteiger partial charge on any atom is -0.264 e. The normalized spacial score (nSPS) is 9.00. The second kappa shape index (κ2) is 14.6. The molecule has 0 bridgehead atoms. The Labute approximate surface area is 181 Å². The van der Waals surface area contributed by atoms with E-state index in [9.17, 15) is 0 Å². The van der Waals surface area contributed by atoms with Gasteiger partial charge in [-0.1, -0.05) is 18.2 Å². The summed E-state index contributed by atoms with van der Waals surface area (Å²) in [5.74, 6) is 0. The fourth-order valence-electron chi connectivity index (χ4n) is 2.26. The fourth-order valence-corrected chi connectivity index (χ4v) is 2.26. The topological polar surface area (TPSA) is 51.6 Å². The van der Waals surface area contributed by atoms with Gasteiger partial charge in [-0.3, -0.25) is 19.9 Å². The van der Waals surface area contributed by atoms with Crippen molar-refractivity contribution in [3.8, 4) is 0 Å². The minimum atomic E-state index is 1.07. The lowest BCUT2D eigenvalue weighted by Crippen LogP contribution is -1.81. The van der Waals surface area contributed by atoms with Crippen molar-refractivity contribution in [1.29, 1.82) is 0 Å². The van der Waals surface area contributed by atoms with Gasteiger partial charge < -0.3 is 0 Å². The molecule has 4 rings (SSSR count). The van der Waals surface area contributed by atoms with Crippen LogP contribution < -0.4 is 0 Å². The molecule has 0 N–H and O–H groups in total. The van der Waals surface area contributed by atoms with Crippen molar-refractivity contribution >= 4 is 0 Å². The van der Waals surface area contributed by atoms with E-state index >= 15 is 0 Å². The van der Waals surface area contributed by atoms with E-state index in [0.29, 0.717) is 0 Å². The smallest absolute Gasteiger partial charge is 0.0375 e. The lowest BCUT2D eigenvalue weighted by Gasteiger charge is -1.90. The Kier molecular flexibility index (Phi) is 12.0. The van der Waals surface area contributed by atoms with Crippen LogP contribution in [-0.2, 0) is 0 Å². The van der Waals surface area contributed by atoms with E-state index < -0.39 is 0 Å². The Morgan fingerprint density at radius 2 is 1.17 bits per heavy atom. The molecule has 4 aromatic heterocycles. The van der Waals surface area contributed by atoms with E-state index in [-0.39, 0.29) is 0 Å². The summed E-state index contributed by atoms with van der Waals surface area (Å²) in [6.45, 7) is 12.0. The molecule has 30 heavy (non-hydrogen) atoms. The molecule has 0 unspecified atom stereocenters. The largest absolute Gasteiger partial charge is 0.264 e. The van der Waals surface area contributed by atoms with Crippen LogP contribution in [0.15, 0.2) is 85.5 Å². The number of aromatic nitrogens is 4. The number of nitrogens with zero attached hydrogens (tertiary/aromatic N) is 4. The van der Waals surface area contributed by atoms with Gasteiger partial charge in [0.25, 0.3) is 0 Å². The molecule has 156 valence electrons. The first-order valence-corrected chi connectivity index (χ1v) is 9.90. The molecule has 4 heterocycles. The summed E-state index contributed by atoms with van der Waals surface area (Å²) in [6.07, 6.45) is 7.22. The van der Waals surface area contributed by atoms with Gasteiger partial charge in [-0.05, 0) is 95.1 Å². The first-order chi connectivity index (χ1) is 14.4. The average molecular weight is 401 g/mol. The van der Waals surface area contributed by atoms with E-state index in [4.69, 9.17) is 0 Å². The summed E-state index contributed by atoms with van der Waals surface area (Å²) < 4.78 is 0. The highest BCUT2D eigenvalue weighted by atomic mass is 14.7. The molecule has 4 aromatic rings. The molecule has 4 heteroatoms. The molecule has 4 nitrogen and oxygen atoms in total. The van der Waals surface area contributed by atoms with E-state index in [1.54, 1.807) is 12.4 Å². The van der Waals surface area contributed by atoms with Crippen LogP contribution >= 0.6 is 0 Å². The van der Waals surface area contributed by atoms with Crippen LogP contribution in [0.4, 0.5) is 0 Å². The summed E-state index contributed by atoms with van der Waals surface area (Å²) >= 11 is 0. The zero-order valence-electron chi connectivity index (χ0n) is 18.9. The highest BCUT2D eigenvalue weighted by Gasteiger charge is 1.83. The van der Waals surface area contributed by atoms with Gasteiger partial charge in [0.1, 0.15) is 0 Å². The molecule has 0 spiro atoms. The molecule has 0 atom stereocenters. The number of rotatable bonds is 0. The summed E-state index contributed by atoms with van der Waals surface area (Å²) in [5.41, 5.74) is 6.82. The zero-order valence-corrected chi connectivity index (χ0v) is 18.9. The first kappa shape index (κ1) is 24.6. The summed E-state index contributed by atoms with van der Waals surface area (Å²) in [6, 6.07) is 19.8. The highest BCUT2D eigenvalue weighted by molar-refractivity contribution is 5.12. The highest BCUT2D eigenvalue weighted by Crippen LogP contribution is 1.96. The third kappa shape index (κ3) is 12.9. The predicted molar refractivity (Wildman–Crippen MR) is 125 cm³/mol. The Balaban J connectivity index is 0.000000200. The zero-order chi connectivity index (χ0) is 22.2. The van der Waals surface area contributed by atoms with Crippen molar-refractivity contribution in [3.63, 3.8) is 0 Å². The number of pyridine rings is 4. The van der Waals surface area contributed by atoms with Crippen LogP contribution in [0.5, 0.6) is 0 Å². The minimum absolute atomic E-state index is 1.07. The second-order valence-corrected chi connectivity index (χ2v) is 6.90. The number of hydrogen-bond donors (Lipinski definition) is 0. The van der Waals surface area contributed by atoms with Crippen LogP contribution in [0.2, 0.25) is 0 Å². The molecule has 0 aromatic carbocycles. The number of hydrogen-bond acceptors (Lipinski definition) is 4. The monoisotopic (exact) mass is 400 g/mol. The molecule has 0 aliphatic rings. The summed E-state index contributed by atoms with van der Waals surface area (Å²) in [5, 5.41) is 0. The molecule has 0 amide bonds. The molecule has 0 saturated carbocycles. The van der Waals surface area contributed by atoms with Gasteiger partial charge in [-0.15, -0.1) is 0 Å². The van der Waals surface area contributed by atoms with Gasteiger partial charge in [0.05, 0.1) is 0 Å².